The molecule has 2 heterocycles. The fourth-order valence-electron chi connectivity index (χ4n) is 3.92. The Balaban J connectivity index is 1.39. The minimum absolute atomic E-state index is 0.0629. The van der Waals surface area contributed by atoms with E-state index in [1.54, 1.807) is 36.4 Å². The molecule has 3 unspecified atom stereocenters. The number of nitrogens with one attached hydrogen (secondary N) is 1. The molecule has 2 amide bonds. The first kappa shape index (κ1) is 24.2. The summed E-state index contributed by atoms with van der Waals surface area (Å²) in [4.78, 5) is 49.6. The number of nitro benzene ring substituents is 1. The van der Waals surface area contributed by atoms with E-state index in [1.807, 2.05) is 0 Å². The van der Waals surface area contributed by atoms with Gasteiger partial charge in [-0.1, -0.05) is 36.9 Å². The van der Waals surface area contributed by atoms with Crippen LogP contribution in [0.5, 0.6) is 5.75 Å². The molecule has 2 aliphatic rings. The van der Waals surface area contributed by atoms with Crippen LogP contribution in [-0.4, -0.2) is 62.0 Å². The van der Waals surface area contributed by atoms with Gasteiger partial charge in [-0.3, -0.25) is 24.6 Å². The second-order valence-electron chi connectivity index (χ2n) is 7.86. The molecule has 2 aliphatic heterocycles. The molecule has 0 bridgehead atoms. The number of rotatable bonds is 8. The van der Waals surface area contributed by atoms with Gasteiger partial charge in [0.1, 0.15) is 18.1 Å². The second-order valence-corrected chi connectivity index (χ2v) is 9.40. The van der Waals surface area contributed by atoms with Gasteiger partial charge < -0.3 is 19.3 Å². The van der Waals surface area contributed by atoms with E-state index in [1.165, 1.54) is 18.2 Å². The highest BCUT2D eigenvalue weighted by atomic mass is 32.2. The monoisotopic (exact) mass is 499 g/mol. The molecule has 4 atom stereocenters. The number of benzene rings is 2. The number of fused-ring (bicyclic) bond motifs is 1. The number of para-hydroxylation sites is 2. The maximum atomic E-state index is 12.8. The summed E-state index contributed by atoms with van der Waals surface area (Å²) in [5, 5.41) is 12.8. The van der Waals surface area contributed by atoms with E-state index >= 15 is 0 Å². The number of β-lactam (4-membered cyclic amide) rings is 1. The van der Waals surface area contributed by atoms with Gasteiger partial charge >= 0.3 is 5.97 Å². The zero-order chi connectivity index (χ0) is 25.1. The van der Waals surface area contributed by atoms with Gasteiger partial charge in [0.15, 0.2) is 18.7 Å². The number of carbonyl (C=O) groups is 3. The molecule has 2 aromatic rings. The van der Waals surface area contributed by atoms with Crippen molar-refractivity contribution in [3.63, 3.8) is 0 Å². The van der Waals surface area contributed by atoms with Crippen molar-refractivity contribution in [2.75, 3.05) is 12.4 Å². The van der Waals surface area contributed by atoms with Crippen molar-refractivity contribution < 1.29 is 33.3 Å². The van der Waals surface area contributed by atoms with E-state index < -0.39 is 51.3 Å². The highest BCUT2D eigenvalue weighted by molar-refractivity contribution is 7.92. The number of ether oxygens (including phenoxy) is 2. The molecule has 0 radical (unpaired) electrons. The van der Waals surface area contributed by atoms with Gasteiger partial charge in [0.25, 0.3) is 17.5 Å². The smallest absolute Gasteiger partial charge is 0.333 e. The predicted molar refractivity (Wildman–Crippen MR) is 123 cm³/mol. The Morgan fingerprint density at radius 1 is 1.17 bits per heavy atom. The summed E-state index contributed by atoms with van der Waals surface area (Å²) < 4.78 is 23.3. The van der Waals surface area contributed by atoms with E-state index in [-0.39, 0.29) is 35.8 Å². The van der Waals surface area contributed by atoms with Crippen LogP contribution in [0.1, 0.15) is 5.56 Å². The van der Waals surface area contributed by atoms with E-state index in [0.29, 0.717) is 5.75 Å². The van der Waals surface area contributed by atoms with Crippen molar-refractivity contribution in [3.05, 3.63) is 82.4 Å². The molecular weight excluding hydrogens is 478 g/mol. The lowest BCUT2D eigenvalue weighted by Crippen LogP contribution is -2.78. The van der Waals surface area contributed by atoms with Gasteiger partial charge in [0, 0.05) is 11.6 Å². The molecule has 2 aromatic carbocycles. The average Bonchev–Trinajstić information content (AvgIpc) is 2.85. The summed E-state index contributed by atoms with van der Waals surface area (Å²) in [7, 11) is 0. The van der Waals surface area contributed by atoms with Crippen molar-refractivity contribution in [3.8, 4) is 5.75 Å². The minimum atomic E-state index is -1.60. The normalized spacial score (nSPS) is 23.1. The van der Waals surface area contributed by atoms with Gasteiger partial charge in [0.05, 0.1) is 10.5 Å². The van der Waals surface area contributed by atoms with Crippen LogP contribution in [-0.2, 0) is 36.9 Å². The minimum Gasteiger partial charge on any atom is -0.614 e. The first-order valence-electron chi connectivity index (χ1n) is 10.5. The van der Waals surface area contributed by atoms with Gasteiger partial charge in [-0.25, -0.2) is 4.79 Å². The molecule has 2 saturated heterocycles. The fourth-order valence-corrected chi connectivity index (χ4v) is 5.58. The maximum Gasteiger partial charge on any atom is 0.333 e. The molecule has 182 valence electrons. The third-order valence-electron chi connectivity index (χ3n) is 5.55. The lowest BCUT2D eigenvalue weighted by molar-refractivity contribution is -0.385. The highest BCUT2D eigenvalue weighted by Gasteiger charge is 2.63. The van der Waals surface area contributed by atoms with E-state index in [0.717, 1.165) is 4.90 Å². The van der Waals surface area contributed by atoms with Gasteiger partial charge in [-0.2, -0.15) is 0 Å². The SMILES string of the molecule is C=C1C[S+]([O-])[C@@H]2C(NC(=O)COc3ccccc3)C(=O)N2C1C(=O)OCc1ccccc1[N+](=O)[O-]. The first-order valence-corrected chi connectivity index (χ1v) is 11.9. The van der Waals surface area contributed by atoms with Crippen LogP contribution in [0, 0.1) is 10.1 Å². The highest BCUT2D eigenvalue weighted by Crippen LogP contribution is 2.36. The summed E-state index contributed by atoms with van der Waals surface area (Å²) in [5.41, 5.74) is 0.200. The van der Waals surface area contributed by atoms with E-state index in [9.17, 15) is 29.1 Å². The lowest BCUT2D eigenvalue weighted by atomic mass is 9.98. The van der Waals surface area contributed by atoms with Gasteiger partial charge in [-0.05, 0) is 29.4 Å². The Kier molecular flexibility index (Phi) is 7.03. The summed E-state index contributed by atoms with van der Waals surface area (Å²) >= 11 is -1.60. The zero-order valence-corrected chi connectivity index (χ0v) is 19.1. The third kappa shape index (κ3) is 4.98. The zero-order valence-electron chi connectivity index (χ0n) is 18.3. The Bertz CT molecular complexity index is 1170. The molecule has 0 aromatic heterocycles. The number of hydrogen-bond donors (Lipinski definition) is 1. The van der Waals surface area contributed by atoms with Crippen LogP contribution >= 0.6 is 0 Å². The Hall–Kier alpha value is -3.90. The van der Waals surface area contributed by atoms with Crippen LogP contribution in [0.4, 0.5) is 5.69 Å². The average molecular weight is 500 g/mol. The quantitative estimate of drug-likeness (QED) is 0.141. The topological polar surface area (TPSA) is 151 Å². The molecule has 11 nitrogen and oxygen atoms in total. The number of amides is 2. The molecule has 2 fully saturated rings. The van der Waals surface area contributed by atoms with E-state index in [4.69, 9.17) is 9.47 Å². The summed E-state index contributed by atoms with van der Waals surface area (Å²) in [6, 6.07) is 12.1. The molecule has 0 saturated carbocycles. The molecular formula is C23H21N3O8S. The molecule has 1 N–H and O–H groups in total. The van der Waals surface area contributed by atoms with Crippen molar-refractivity contribution in [1.29, 1.82) is 0 Å². The maximum absolute atomic E-state index is 12.8. The van der Waals surface area contributed by atoms with Crippen LogP contribution in [0.3, 0.4) is 0 Å². The van der Waals surface area contributed by atoms with E-state index in [2.05, 4.69) is 11.9 Å². The summed E-state index contributed by atoms with van der Waals surface area (Å²) in [5.74, 6) is -1.62. The van der Waals surface area contributed by atoms with Crippen molar-refractivity contribution in [1.82, 2.24) is 10.2 Å². The van der Waals surface area contributed by atoms with Crippen LogP contribution in [0.25, 0.3) is 0 Å². The Morgan fingerprint density at radius 3 is 2.57 bits per heavy atom. The second kappa shape index (κ2) is 10.2. The molecule has 4 rings (SSSR count). The molecule has 0 aliphatic carbocycles. The van der Waals surface area contributed by atoms with Gasteiger partial charge in [-0.15, -0.1) is 0 Å². The molecule has 0 spiro atoms. The first-order chi connectivity index (χ1) is 16.8. The predicted octanol–water partition coefficient (Wildman–Crippen LogP) is 1.06. The summed E-state index contributed by atoms with van der Waals surface area (Å²) in [6.07, 6.45) is 0. The lowest BCUT2D eigenvalue weighted by Gasteiger charge is -2.52. The van der Waals surface area contributed by atoms with Gasteiger partial charge in [0.2, 0.25) is 5.37 Å². The summed E-state index contributed by atoms with van der Waals surface area (Å²) in [6.45, 7) is 3.04. The largest absolute Gasteiger partial charge is 0.614 e. The fraction of sp³-hybridized carbons (Fsp3) is 0.261. The van der Waals surface area contributed by atoms with Crippen molar-refractivity contribution >= 4 is 34.6 Å². The van der Waals surface area contributed by atoms with Crippen LogP contribution < -0.4 is 10.1 Å². The Labute approximate surface area is 203 Å². The number of hydrogen-bond acceptors (Lipinski definition) is 8. The molecule has 12 heteroatoms. The third-order valence-corrected chi connectivity index (χ3v) is 7.25. The van der Waals surface area contributed by atoms with Crippen molar-refractivity contribution in [2.24, 2.45) is 0 Å². The number of carbonyl (C=O) groups excluding carboxylic acids is 3. The standard InChI is InChI=1S/C23H21N3O8S/c1-14-13-35(32)22-19(24-18(27)12-33-16-8-3-2-4-9-16)21(28)25(22)20(14)23(29)34-11-15-7-5-6-10-17(15)26(30)31/h2-10,19-20,22H,1,11-13H2,(H,24,27)/t19?,20?,22-,35?/m1/s1. The number of nitrogens with zero attached hydrogens (tertiary/aromatic N) is 2. The molecule has 35 heavy (non-hydrogen) atoms. The van der Waals surface area contributed by atoms with Crippen molar-refractivity contribution in [2.45, 2.75) is 24.1 Å². The van der Waals surface area contributed by atoms with Crippen LogP contribution in [0.2, 0.25) is 0 Å². The number of nitro groups is 1. The Morgan fingerprint density at radius 2 is 1.86 bits per heavy atom. The van der Waals surface area contributed by atoms with Crippen LogP contribution in [0.15, 0.2) is 66.7 Å². The number of esters is 1.